The van der Waals surface area contributed by atoms with E-state index in [1.54, 1.807) is 0 Å². The van der Waals surface area contributed by atoms with Crippen LogP contribution in [0.2, 0.25) is 5.02 Å². The summed E-state index contributed by atoms with van der Waals surface area (Å²) in [7, 11) is 0. The average molecular weight is 361 g/mol. The smallest absolute Gasteiger partial charge is 0.0587 e. The SMILES string of the molecule is CC1CCCC(C)N1NC(CN)c1ccc(Br)c(Cl)c1. The van der Waals surface area contributed by atoms with Crippen molar-refractivity contribution < 1.29 is 0 Å². The van der Waals surface area contributed by atoms with Gasteiger partial charge in [-0.1, -0.05) is 24.1 Å². The minimum atomic E-state index is 0.101. The lowest BCUT2D eigenvalue weighted by Crippen LogP contribution is -2.54. The molecule has 1 aromatic carbocycles. The lowest BCUT2D eigenvalue weighted by atomic mass is 9.99. The van der Waals surface area contributed by atoms with Gasteiger partial charge in [-0.2, -0.15) is 0 Å². The van der Waals surface area contributed by atoms with E-state index in [4.69, 9.17) is 17.3 Å². The molecule has 20 heavy (non-hydrogen) atoms. The lowest BCUT2D eigenvalue weighted by Gasteiger charge is -2.41. The Morgan fingerprint density at radius 1 is 1.40 bits per heavy atom. The van der Waals surface area contributed by atoms with Crippen LogP contribution in [0, 0.1) is 0 Å². The molecule has 1 aromatic rings. The van der Waals surface area contributed by atoms with Gasteiger partial charge in [0.25, 0.3) is 0 Å². The van der Waals surface area contributed by atoms with Crippen molar-refractivity contribution in [1.82, 2.24) is 10.4 Å². The quantitative estimate of drug-likeness (QED) is 0.856. The van der Waals surface area contributed by atoms with E-state index in [9.17, 15) is 0 Å². The van der Waals surface area contributed by atoms with Crippen LogP contribution in [0.3, 0.4) is 0 Å². The number of nitrogens with zero attached hydrogens (tertiary/aromatic N) is 1. The molecule has 2 rings (SSSR count). The Bertz CT molecular complexity index is 445. The van der Waals surface area contributed by atoms with Crippen LogP contribution in [0.4, 0.5) is 0 Å². The van der Waals surface area contributed by atoms with Gasteiger partial charge in [-0.3, -0.25) is 0 Å². The van der Waals surface area contributed by atoms with Crippen molar-refractivity contribution in [2.45, 2.75) is 51.2 Å². The summed E-state index contributed by atoms with van der Waals surface area (Å²) in [5, 5.41) is 3.08. The second kappa shape index (κ2) is 7.23. The number of piperidine rings is 1. The second-order valence-corrected chi connectivity index (χ2v) is 6.89. The number of nitrogens with two attached hydrogens (primary N) is 1. The molecule has 1 aliphatic rings. The van der Waals surface area contributed by atoms with E-state index in [0.717, 1.165) is 15.1 Å². The molecule has 0 aromatic heterocycles. The molecule has 3 nitrogen and oxygen atoms in total. The minimum Gasteiger partial charge on any atom is -0.329 e. The van der Waals surface area contributed by atoms with Crippen LogP contribution < -0.4 is 11.2 Å². The summed E-state index contributed by atoms with van der Waals surface area (Å²) in [6, 6.07) is 7.21. The first-order chi connectivity index (χ1) is 9.52. The van der Waals surface area contributed by atoms with Gasteiger partial charge in [0, 0.05) is 23.1 Å². The Hall–Kier alpha value is -0.130. The fraction of sp³-hybridized carbons (Fsp3) is 0.600. The molecule has 3 atom stereocenters. The number of halogens is 2. The highest BCUT2D eigenvalue weighted by Crippen LogP contribution is 2.27. The van der Waals surface area contributed by atoms with Crippen molar-refractivity contribution in [3.63, 3.8) is 0 Å². The van der Waals surface area contributed by atoms with E-state index < -0.39 is 0 Å². The van der Waals surface area contributed by atoms with Gasteiger partial charge < -0.3 is 5.73 Å². The third-order valence-electron chi connectivity index (χ3n) is 4.08. The predicted octanol–water partition coefficient (Wildman–Crippen LogP) is 3.87. The molecule has 0 bridgehead atoms. The highest BCUT2D eigenvalue weighted by atomic mass is 79.9. The lowest BCUT2D eigenvalue weighted by molar-refractivity contribution is 0.0304. The monoisotopic (exact) mass is 359 g/mol. The van der Waals surface area contributed by atoms with E-state index in [0.29, 0.717) is 18.6 Å². The second-order valence-electron chi connectivity index (χ2n) is 5.63. The summed E-state index contributed by atoms with van der Waals surface area (Å²) in [6.45, 7) is 5.09. The molecule has 0 aliphatic carbocycles. The molecule has 112 valence electrons. The maximum Gasteiger partial charge on any atom is 0.0587 e. The summed E-state index contributed by atoms with van der Waals surface area (Å²) >= 11 is 9.61. The first-order valence-electron chi connectivity index (χ1n) is 7.22. The molecule has 1 saturated heterocycles. The van der Waals surface area contributed by atoms with Gasteiger partial charge in [0.05, 0.1) is 11.1 Å². The molecule has 3 N–H and O–H groups in total. The van der Waals surface area contributed by atoms with Crippen LogP contribution in [-0.2, 0) is 0 Å². The standard InChI is InChI=1S/C15H23BrClN3/c1-10-4-3-5-11(2)20(10)19-15(9-18)12-6-7-13(16)14(17)8-12/h6-8,10-11,15,19H,3-5,9,18H2,1-2H3. The van der Waals surface area contributed by atoms with Gasteiger partial charge >= 0.3 is 0 Å². The summed E-state index contributed by atoms with van der Waals surface area (Å²) in [5.74, 6) is 0. The Labute approximate surface area is 135 Å². The maximum absolute atomic E-state index is 6.19. The van der Waals surface area contributed by atoms with Crippen molar-refractivity contribution in [2.75, 3.05) is 6.54 Å². The van der Waals surface area contributed by atoms with E-state index >= 15 is 0 Å². The fourth-order valence-electron chi connectivity index (χ4n) is 2.85. The first-order valence-corrected chi connectivity index (χ1v) is 8.39. The summed E-state index contributed by atoms with van der Waals surface area (Å²) in [6.07, 6.45) is 3.77. The molecule has 3 unspecified atom stereocenters. The molecular weight excluding hydrogens is 338 g/mol. The minimum absolute atomic E-state index is 0.101. The largest absolute Gasteiger partial charge is 0.329 e. The van der Waals surface area contributed by atoms with Gasteiger partial charge in [-0.15, -0.1) is 0 Å². The molecule has 5 heteroatoms. The molecular formula is C15H23BrClN3. The Morgan fingerprint density at radius 3 is 2.60 bits per heavy atom. The zero-order valence-electron chi connectivity index (χ0n) is 12.1. The number of hydrogen-bond acceptors (Lipinski definition) is 3. The molecule has 0 amide bonds. The van der Waals surface area contributed by atoms with E-state index in [2.05, 4.69) is 46.3 Å². The third kappa shape index (κ3) is 3.74. The van der Waals surface area contributed by atoms with Crippen LogP contribution in [-0.4, -0.2) is 23.6 Å². The molecule has 1 fully saturated rings. The number of hydrogen-bond donors (Lipinski definition) is 2. The number of hydrazine groups is 1. The Kier molecular flexibility index (Phi) is 5.87. The van der Waals surface area contributed by atoms with Gasteiger partial charge in [0.1, 0.15) is 0 Å². The Morgan fingerprint density at radius 2 is 2.05 bits per heavy atom. The van der Waals surface area contributed by atoms with Gasteiger partial charge in [0.15, 0.2) is 0 Å². The fourth-order valence-corrected chi connectivity index (χ4v) is 3.28. The van der Waals surface area contributed by atoms with Gasteiger partial charge in [-0.05, 0) is 60.3 Å². The van der Waals surface area contributed by atoms with Crippen molar-refractivity contribution in [1.29, 1.82) is 0 Å². The summed E-state index contributed by atoms with van der Waals surface area (Å²) in [4.78, 5) is 0. The highest BCUT2D eigenvalue weighted by Gasteiger charge is 2.26. The highest BCUT2D eigenvalue weighted by molar-refractivity contribution is 9.10. The first kappa shape index (κ1) is 16.2. The van der Waals surface area contributed by atoms with Crippen LogP contribution in [0.25, 0.3) is 0 Å². The normalized spacial score (nSPS) is 25.6. The Balaban J connectivity index is 2.13. The van der Waals surface area contributed by atoms with Gasteiger partial charge in [-0.25, -0.2) is 10.4 Å². The van der Waals surface area contributed by atoms with Crippen LogP contribution in [0.15, 0.2) is 22.7 Å². The number of benzene rings is 1. The van der Waals surface area contributed by atoms with E-state index in [1.807, 2.05) is 12.1 Å². The zero-order valence-corrected chi connectivity index (χ0v) is 14.4. The molecule has 1 aliphatic heterocycles. The predicted molar refractivity (Wildman–Crippen MR) is 88.7 cm³/mol. The topological polar surface area (TPSA) is 41.3 Å². The average Bonchev–Trinajstić information content (AvgIpc) is 2.42. The van der Waals surface area contributed by atoms with Crippen LogP contribution in [0.1, 0.15) is 44.7 Å². The molecule has 0 spiro atoms. The number of rotatable bonds is 4. The van der Waals surface area contributed by atoms with Crippen molar-refractivity contribution in [2.24, 2.45) is 5.73 Å². The molecule has 0 radical (unpaired) electrons. The van der Waals surface area contributed by atoms with Crippen LogP contribution >= 0.6 is 27.5 Å². The number of nitrogens with one attached hydrogen (secondary N) is 1. The van der Waals surface area contributed by atoms with Crippen molar-refractivity contribution in [3.05, 3.63) is 33.3 Å². The van der Waals surface area contributed by atoms with Crippen molar-refractivity contribution in [3.8, 4) is 0 Å². The van der Waals surface area contributed by atoms with Gasteiger partial charge in [0.2, 0.25) is 0 Å². The molecule has 1 heterocycles. The summed E-state index contributed by atoms with van der Waals surface area (Å²) in [5.41, 5.74) is 10.7. The molecule has 0 saturated carbocycles. The van der Waals surface area contributed by atoms with E-state index in [-0.39, 0.29) is 6.04 Å². The maximum atomic E-state index is 6.19. The third-order valence-corrected chi connectivity index (χ3v) is 5.31. The van der Waals surface area contributed by atoms with E-state index in [1.165, 1.54) is 19.3 Å². The van der Waals surface area contributed by atoms with Crippen molar-refractivity contribution >= 4 is 27.5 Å². The zero-order chi connectivity index (χ0) is 14.7. The summed E-state index contributed by atoms with van der Waals surface area (Å²) < 4.78 is 0.915. The van der Waals surface area contributed by atoms with Crippen LogP contribution in [0.5, 0.6) is 0 Å².